The van der Waals surface area contributed by atoms with Crippen molar-refractivity contribution in [1.82, 2.24) is 0 Å². The molecule has 0 bridgehead atoms. The van der Waals surface area contributed by atoms with E-state index in [0.29, 0.717) is 6.10 Å². The number of hydrogen-bond donors (Lipinski definition) is 0. The van der Waals surface area contributed by atoms with Crippen molar-refractivity contribution in [2.45, 2.75) is 26.4 Å². The van der Waals surface area contributed by atoms with Gasteiger partial charge in [-0.2, -0.15) is 0 Å². The highest BCUT2D eigenvalue weighted by atomic mass is 16.5. The van der Waals surface area contributed by atoms with Crippen LogP contribution in [0.5, 0.6) is 5.75 Å². The van der Waals surface area contributed by atoms with Crippen molar-refractivity contribution < 1.29 is 4.74 Å². The number of hydrogen-bond acceptors (Lipinski definition) is 1. The molecule has 1 aliphatic rings. The summed E-state index contributed by atoms with van der Waals surface area (Å²) in [7, 11) is 0. The predicted octanol–water partition coefficient (Wildman–Crippen LogP) is 4.62. The maximum absolute atomic E-state index is 6.02. The maximum atomic E-state index is 6.02. The second-order valence-corrected chi connectivity index (χ2v) is 5.52. The van der Waals surface area contributed by atoms with E-state index in [2.05, 4.69) is 56.3 Å². The van der Waals surface area contributed by atoms with Crippen LogP contribution in [0.4, 0.5) is 0 Å². The highest BCUT2D eigenvalue weighted by Crippen LogP contribution is 2.40. The SMILES string of the molecule is Cc1cc2c3c(ccc2c2ccccc12)CC(C)O3. The Morgan fingerprint density at radius 3 is 2.53 bits per heavy atom. The van der Waals surface area contributed by atoms with E-state index in [1.807, 2.05) is 0 Å². The average Bonchev–Trinajstić information content (AvgIpc) is 2.80. The molecule has 1 heteroatoms. The Kier molecular flexibility index (Phi) is 2.14. The summed E-state index contributed by atoms with van der Waals surface area (Å²) in [6.45, 7) is 4.32. The molecule has 3 aromatic carbocycles. The Morgan fingerprint density at radius 1 is 0.947 bits per heavy atom. The largest absolute Gasteiger partial charge is 0.489 e. The third-order valence-electron chi connectivity index (χ3n) is 4.11. The zero-order chi connectivity index (χ0) is 13.0. The van der Waals surface area contributed by atoms with Gasteiger partial charge in [0.1, 0.15) is 11.9 Å². The van der Waals surface area contributed by atoms with Crippen molar-refractivity contribution in [3.05, 3.63) is 53.6 Å². The monoisotopic (exact) mass is 248 g/mol. The molecule has 0 saturated carbocycles. The fraction of sp³-hybridized carbons (Fsp3) is 0.222. The minimum Gasteiger partial charge on any atom is -0.489 e. The number of benzene rings is 3. The smallest absolute Gasteiger partial charge is 0.130 e. The summed E-state index contributed by atoms with van der Waals surface area (Å²) in [5.74, 6) is 1.10. The Balaban J connectivity index is 2.18. The summed E-state index contributed by atoms with van der Waals surface area (Å²) in [6.07, 6.45) is 1.32. The van der Waals surface area contributed by atoms with E-state index >= 15 is 0 Å². The molecule has 19 heavy (non-hydrogen) atoms. The van der Waals surface area contributed by atoms with Gasteiger partial charge in [0.15, 0.2) is 0 Å². The Bertz CT molecular complexity index is 801. The molecule has 1 heterocycles. The number of rotatable bonds is 0. The summed E-state index contributed by atoms with van der Waals surface area (Å²) in [4.78, 5) is 0. The van der Waals surface area contributed by atoms with Crippen LogP contribution in [0.15, 0.2) is 42.5 Å². The standard InChI is InChI=1S/C18H16O/c1-11-9-17-16(15-6-4-3-5-14(11)15)8-7-13-10-12(2)19-18(13)17/h3-9,12H,10H2,1-2H3. The lowest BCUT2D eigenvalue weighted by Gasteiger charge is -2.11. The highest BCUT2D eigenvalue weighted by Gasteiger charge is 2.21. The second-order valence-electron chi connectivity index (χ2n) is 5.52. The lowest BCUT2D eigenvalue weighted by Crippen LogP contribution is -2.05. The first-order valence-electron chi connectivity index (χ1n) is 6.84. The van der Waals surface area contributed by atoms with E-state index in [9.17, 15) is 0 Å². The van der Waals surface area contributed by atoms with Gasteiger partial charge in [-0.05, 0) is 47.2 Å². The Morgan fingerprint density at radius 2 is 1.68 bits per heavy atom. The minimum absolute atomic E-state index is 0.298. The van der Waals surface area contributed by atoms with Gasteiger partial charge in [0.25, 0.3) is 0 Å². The molecule has 0 spiro atoms. The lowest BCUT2D eigenvalue weighted by atomic mass is 9.95. The molecule has 0 aromatic heterocycles. The molecule has 0 radical (unpaired) electrons. The van der Waals surface area contributed by atoms with Gasteiger partial charge in [0.2, 0.25) is 0 Å². The van der Waals surface area contributed by atoms with Crippen molar-refractivity contribution in [3.8, 4) is 5.75 Å². The summed E-state index contributed by atoms with van der Waals surface area (Å²) >= 11 is 0. The third kappa shape index (κ3) is 1.48. The van der Waals surface area contributed by atoms with E-state index in [1.165, 1.54) is 32.7 Å². The predicted molar refractivity (Wildman–Crippen MR) is 80.0 cm³/mol. The van der Waals surface area contributed by atoms with Gasteiger partial charge < -0.3 is 4.74 Å². The topological polar surface area (TPSA) is 9.23 Å². The zero-order valence-electron chi connectivity index (χ0n) is 11.2. The molecule has 0 fully saturated rings. The van der Waals surface area contributed by atoms with Gasteiger partial charge in [-0.25, -0.2) is 0 Å². The number of fused-ring (bicyclic) bond motifs is 5. The van der Waals surface area contributed by atoms with Gasteiger partial charge in [-0.1, -0.05) is 36.4 Å². The number of ether oxygens (including phenoxy) is 1. The van der Waals surface area contributed by atoms with Crippen LogP contribution < -0.4 is 4.74 Å². The maximum Gasteiger partial charge on any atom is 0.130 e. The molecule has 1 nitrogen and oxygen atoms in total. The second kappa shape index (κ2) is 3.74. The lowest BCUT2D eigenvalue weighted by molar-refractivity contribution is 0.257. The van der Waals surface area contributed by atoms with Crippen LogP contribution in [0.3, 0.4) is 0 Å². The van der Waals surface area contributed by atoms with Gasteiger partial charge in [-0.3, -0.25) is 0 Å². The van der Waals surface area contributed by atoms with E-state index in [4.69, 9.17) is 4.74 Å². The van der Waals surface area contributed by atoms with E-state index in [0.717, 1.165) is 12.2 Å². The van der Waals surface area contributed by atoms with E-state index in [1.54, 1.807) is 0 Å². The van der Waals surface area contributed by atoms with Crippen molar-refractivity contribution in [2.24, 2.45) is 0 Å². The highest BCUT2D eigenvalue weighted by molar-refractivity contribution is 6.11. The summed E-state index contributed by atoms with van der Waals surface area (Å²) < 4.78 is 6.02. The molecule has 0 amide bonds. The van der Waals surface area contributed by atoms with Gasteiger partial charge in [0.05, 0.1) is 0 Å². The van der Waals surface area contributed by atoms with Crippen molar-refractivity contribution in [2.75, 3.05) is 0 Å². The molecule has 0 saturated heterocycles. The molecule has 1 atom stereocenters. The molecule has 1 unspecified atom stereocenters. The minimum atomic E-state index is 0.298. The third-order valence-corrected chi connectivity index (χ3v) is 4.11. The molecule has 94 valence electrons. The molecule has 3 aromatic rings. The molecule has 0 N–H and O–H groups in total. The van der Waals surface area contributed by atoms with Crippen LogP contribution in [0.2, 0.25) is 0 Å². The van der Waals surface area contributed by atoms with Crippen molar-refractivity contribution >= 4 is 21.5 Å². The summed E-state index contributed by atoms with van der Waals surface area (Å²) in [6, 6.07) is 15.4. The van der Waals surface area contributed by atoms with Crippen molar-refractivity contribution in [1.29, 1.82) is 0 Å². The number of aryl methyl sites for hydroxylation is 1. The van der Waals surface area contributed by atoms with Crippen LogP contribution in [-0.2, 0) is 6.42 Å². The van der Waals surface area contributed by atoms with E-state index in [-0.39, 0.29) is 0 Å². The average molecular weight is 248 g/mol. The molecular weight excluding hydrogens is 232 g/mol. The molecule has 4 rings (SSSR count). The normalized spacial score (nSPS) is 17.7. The van der Waals surface area contributed by atoms with Gasteiger partial charge >= 0.3 is 0 Å². The zero-order valence-corrected chi connectivity index (χ0v) is 11.2. The van der Waals surface area contributed by atoms with Crippen LogP contribution in [0.25, 0.3) is 21.5 Å². The first kappa shape index (κ1) is 10.9. The van der Waals surface area contributed by atoms with Crippen molar-refractivity contribution in [3.63, 3.8) is 0 Å². The quantitative estimate of drug-likeness (QED) is 0.527. The molecular formula is C18H16O. The van der Waals surface area contributed by atoms with Gasteiger partial charge in [0, 0.05) is 11.8 Å². The first-order chi connectivity index (χ1) is 9.24. The fourth-order valence-corrected chi connectivity index (χ4v) is 3.23. The summed E-state index contributed by atoms with van der Waals surface area (Å²) in [5, 5.41) is 5.22. The first-order valence-corrected chi connectivity index (χ1v) is 6.84. The Hall–Kier alpha value is -2.02. The summed E-state index contributed by atoms with van der Waals surface area (Å²) in [5.41, 5.74) is 2.66. The molecule has 0 aliphatic carbocycles. The van der Waals surface area contributed by atoms with Crippen LogP contribution in [-0.4, -0.2) is 6.10 Å². The van der Waals surface area contributed by atoms with Crippen LogP contribution in [0, 0.1) is 6.92 Å². The molecule has 1 aliphatic heterocycles. The Labute approximate surface area is 112 Å². The van der Waals surface area contributed by atoms with Crippen LogP contribution in [0.1, 0.15) is 18.1 Å². The van der Waals surface area contributed by atoms with Gasteiger partial charge in [-0.15, -0.1) is 0 Å². The van der Waals surface area contributed by atoms with E-state index < -0.39 is 0 Å². The fourth-order valence-electron chi connectivity index (χ4n) is 3.23. The van der Waals surface area contributed by atoms with Crippen LogP contribution >= 0.6 is 0 Å².